The molecule has 0 spiro atoms. The molecule has 1 aromatic carbocycles. The minimum absolute atomic E-state index is 0.186. The van der Waals surface area contributed by atoms with Crippen LogP contribution in [0.3, 0.4) is 0 Å². The molecule has 0 radical (unpaired) electrons. The number of carbonyl (C=O) groups is 1. The van der Waals surface area contributed by atoms with Crippen LogP contribution in [0.1, 0.15) is 34.3 Å². The van der Waals surface area contributed by atoms with Gasteiger partial charge in [-0.25, -0.2) is 13.5 Å². The van der Waals surface area contributed by atoms with Crippen LogP contribution < -0.4 is 5.32 Å². The quantitative estimate of drug-likeness (QED) is 0.880. The Morgan fingerprint density at radius 2 is 1.93 bits per heavy atom. The average molecular weight is 368 g/mol. The summed E-state index contributed by atoms with van der Waals surface area (Å²) in [5.74, 6) is 0.153. The highest BCUT2D eigenvalue weighted by Gasteiger charge is 2.32. The van der Waals surface area contributed by atoms with E-state index in [9.17, 15) is 13.6 Å². The standard InChI is InChI=1S/C20H18F2N4O/c21-18(22)17-9-16(13-5-6-13)24-19-15(10-23-26(17)19)20(27)25-8-7-12-3-1-2-4-14(12)11-25/h1-4,9-10,18,24H,5-8,11H2. The molecule has 0 bridgehead atoms. The van der Waals surface area contributed by atoms with Crippen molar-refractivity contribution in [1.82, 2.24) is 14.7 Å². The molecule has 27 heavy (non-hydrogen) atoms. The Morgan fingerprint density at radius 1 is 1.15 bits per heavy atom. The minimum Gasteiger partial charge on any atom is -0.339 e. The number of fused-ring (bicyclic) bond motifs is 2. The molecule has 1 aromatic heterocycles. The summed E-state index contributed by atoms with van der Waals surface area (Å²) in [7, 11) is 0. The smallest absolute Gasteiger partial charge is 0.280 e. The lowest BCUT2D eigenvalue weighted by Gasteiger charge is -2.29. The Balaban J connectivity index is 1.49. The van der Waals surface area contributed by atoms with Gasteiger partial charge in [-0.3, -0.25) is 4.79 Å². The normalized spacial score (nSPS) is 18.0. The molecule has 1 fully saturated rings. The molecule has 3 heterocycles. The summed E-state index contributed by atoms with van der Waals surface area (Å²) in [4.78, 5) is 14.9. The minimum atomic E-state index is -2.66. The molecule has 5 rings (SSSR count). The second kappa shape index (κ2) is 6.04. The zero-order chi connectivity index (χ0) is 18.5. The van der Waals surface area contributed by atoms with Gasteiger partial charge in [0.2, 0.25) is 0 Å². The molecule has 1 aliphatic carbocycles. The number of nitrogens with zero attached hydrogens (tertiary/aromatic N) is 3. The lowest BCUT2D eigenvalue weighted by atomic mass is 9.99. The highest BCUT2D eigenvalue weighted by atomic mass is 19.3. The molecule has 1 saturated carbocycles. The molecular weight excluding hydrogens is 350 g/mol. The van der Waals surface area contributed by atoms with Crippen molar-refractivity contribution in [3.8, 4) is 0 Å². The van der Waals surface area contributed by atoms with Crippen molar-refractivity contribution in [1.29, 1.82) is 0 Å². The molecule has 2 aliphatic heterocycles. The number of hydrogen-bond acceptors (Lipinski definition) is 3. The van der Waals surface area contributed by atoms with Gasteiger partial charge in [0.25, 0.3) is 12.3 Å². The first-order valence-electron chi connectivity index (χ1n) is 9.05. The van der Waals surface area contributed by atoms with Gasteiger partial charge in [-0.05, 0) is 42.0 Å². The molecular formula is C20H18F2N4O. The van der Waals surface area contributed by atoms with E-state index in [0.29, 0.717) is 30.2 Å². The fourth-order valence-electron chi connectivity index (χ4n) is 3.71. The molecule has 7 heteroatoms. The van der Waals surface area contributed by atoms with Crippen LogP contribution >= 0.6 is 0 Å². The predicted molar refractivity (Wildman–Crippen MR) is 97.3 cm³/mol. The summed E-state index contributed by atoms with van der Waals surface area (Å²) in [6.45, 7) is 1.12. The molecule has 2 aromatic rings. The number of alkyl halides is 2. The number of halogens is 2. The van der Waals surface area contributed by atoms with Crippen LogP contribution in [0.5, 0.6) is 0 Å². The summed E-state index contributed by atoms with van der Waals surface area (Å²) in [6, 6.07) is 8.06. The number of carbonyl (C=O) groups excluding carboxylic acids is 1. The van der Waals surface area contributed by atoms with Crippen molar-refractivity contribution in [3.05, 3.63) is 64.5 Å². The van der Waals surface area contributed by atoms with E-state index >= 15 is 0 Å². The van der Waals surface area contributed by atoms with E-state index in [0.717, 1.165) is 35.1 Å². The van der Waals surface area contributed by atoms with E-state index in [-0.39, 0.29) is 11.6 Å². The monoisotopic (exact) mass is 368 g/mol. The predicted octanol–water partition coefficient (Wildman–Crippen LogP) is 3.66. The van der Waals surface area contributed by atoms with Crippen molar-refractivity contribution in [2.75, 3.05) is 11.9 Å². The van der Waals surface area contributed by atoms with E-state index in [4.69, 9.17) is 0 Å². The number of amides is 1. The summed E-state index contributed by atoms with van der Waals surface area (Å²) in [5, 5.41) is 7.22. The van der Waals surface area contributed by atoms with Crippen LogP contribution in [0.15, 0.2) is 47.8 Å². The van der Waals surface area contributed by atoms with E-state index < -0.39 is 6.43 Å². The van der Waals surface area contributed by atoms with Gasteiger partial charge < -0.3 is 10.2 Å². The Labute approximate surface area is 155 Å². The third kappa shape index (κ3) is 2.74. The van der Waals surface area contributed by atoms with Crippen molar-refractivity contribution in [2.45, 2.75) is 32.2 Å². The van der Waals surface area contributed by atoms with Crippen molar-refractivity contribution >= 4 is 17.4 Å². The van der Waals surface area contributed by atoms with E-state index in [2.05, 4.69) is 16.5 Å². The topological polar surface area (TPSA) is 50.2 Å². The Kier molecular flexibility index (Phi) is 3.63. The number of benzene rings is 1. The van der Waals surface area contributed by atoms with Gasteiger partial charge in [0.15, 0.2) is 0 Å². The number of hydrogen-bond donors (Lipinski definition) is 1. The summed E-state index contributed by atoms with van der Waals surface area (Å²) in [5.41, 5.74) is 4.29. The van der Waals surface area contributed by atoms with Gasteiger partial charge in [-0.2, -0.15) is 5.10 Å². The van der Waals surface area contributed by atoms with Crippen molar-refractivity contribution in [2.24, 2.45) is 0 Å². The zero-order valence-corrected chi connectivity index (χ0v) is 14.6. The number of aromatic nitrogens is 2. The van der Waals surface area contributed by atoms with Gasteiger partial charge >= 0.3 is 0 Å². The van der Waals surface area contributed by atoms with Gasteiger partial charge in [-0.15, -0.1) is 0 Å². The van der Waals surface area contributed by atoms with Gasteiger partial charge in [0.1, 0.15) is 17.1 Å². The van der Waals surface area contributed by atoms with Crippen molar-refractivity contribution < 1.29 is 13.6 Å². The van der Waals surface area contributed by atoms with E-state index in [1.165, 1.54) is 17.8 Å². The third-order valence-electron chi connectivity index (χ3n) is 5.31. The Morgan fingerprint density at radius 3 is 2.67 bits per heavy atom. The van der Waals surface area contributed by atoms with Gasteiger partial charge in [0.05, 0.1) is 6.20 Å². The highest BCUT2D eigenvalue weighted by molar-refractivity contribution is 6.00. The van der Waals surface area contributed by atoms with E-state index in [1.54, 1.807) is 4.90 Å². The lowest BCUT2D eigenvalue weighted by molar-refractivity contribution is 0.0735. The second-order valence-corrected chi connectivity index (χ2v) is 7.08. The van der Waals surface area contributed by atoms with Crippen LogP contribution in [0, 0.1) is 0 Å². The van der Waals surface area contributed by atoms with Crippen LogP contribution in [-0.4, -0.2) is 33.6 Å². The van der Waals surface area contributed by atoms with Crippen LogP contribution in [0.2, 0.25) is 0 Å². The first kappa shape index (κ1) is 16.2. The second-order valence-electron chi connectivity index (χ2n) is 7.08. The maximum atomic E-state index is 13.5. The van der Waals surface area contributed by atoms with Gasteiger partial charge in [0, 0.05) is 18.8 Å². The molecule has 0 unspecified atom stereocenters. The molecule has 0 atom stereocenters. The number of rotatable bonds is 2. The molecule has 1 amide bonds. The summed E-state index contributed by atoms with van der Waals surface area (Å²) < 4.78 is 28.2. The molecule has 138 valence electrons. The molecule has 1 N–H and O–H groups in total. The fraction of sp³-hybridized carbons (Fsp3) is 0.300. The number of allylic oxidation sites excluding steroid dienone is 3. The maximum Gasteiger partial charge on any atom is 0.280 e. The van der Waals surface area contributed by atoms with Crippen LogP contribution in [0.25, 0.3) is 5.70 Å². The number of nitrogens with one attached hydrogen (secondary N) is 1. The molecule has 3 aliphatic rings. The molecule has 0 saturated heterocycles. The molecule has 5 nitrogen and oxygen atoms in total. The summed E-state index contributed by atoms with van der Waals surface area (Å²) >= 11 is 0. The zero-order valence-electron chi connectivity index (χ0n) is 14.6. The third-order valence-corrected chi connectivity index (χ3v) is 5.31. The SMILES string of the molecule is O=C(c1cnn2c1NC(=C1CC1)C=C2C(F)F)N1CCc2ccccc2C1. The van der Waals surface area contributed by atoms with Gasteiger partial charge in [-0.1, -0.05) is 24.3 Å². The van der Waals surface area contributed by atoms with Crippen LogP contribution in [-0.2, 0) is 13.0 Å². The first-order chi connectivity index (χ1) is 13.1. The van der Waals surface area contributed by atoms with Crippen molar-refractivity contribution in [3.63, 3.8) is 0 Å². The largest absolute Gasteiger partial charge is 0.339 e. The highest BCUT2D eigenvalue weighted by Crippen LogP contribution is 2.38. The lowest BCUT2D eigenvalue weighted by Crippen LogP contribution is -2.36. The Bertz CT molecular complexity index is 999. The van der Waals surface area contributed by atoms with E-state index in [1.807, 2.05) is 18.2 Å². The first-order valence-corrected chi connectivity index (χ1v) is 9.05. The number of anilines is 1. The van der Waals surface area contributed by atoms with Crippen LogP contribution in [0.4, 0.5) is 14.6 Å². The summed E-state index contributed by atoms with van der Waals surface area (Å²) in [6.07, 6.45) is 2.76. The average Bonchev–Trinajstić information content (AvgIpc) is 3.45. The Hall–Kier alpha value is -2.96. The fourth-order valence-corrected chi connectivity index (χ4v) is 3.71. The maximum absolute atomic E-state index is 13.5.